The summed E-state index contributed by atoms with van der Waals surface area (Å²) in [4.78, 5) is 61.7. The number of carbonyl (C=O) groups excluding carboxylic acids is 4. The highest BCUT2D eigenvalue weighted by Crippen LogP contribution is 2.17. The minimum Gasteiger partial charge on any atom is -0.480 e. The zero-order valence-electron chi connectivity index (χ0n) is 22.2. The molecule has 12 nitrogen and oxygen atoms in total. The van der Waals surface area contributed by atoms with Crippen molar-refractivity contribution in [2.75, 3.05) is 27.2 Å². The molecule has 0 aliphatic heterocycles. The molecule has 1 rings (SSSR count). The van der Waals surface area contributed by atoms with Crippen molar-refractivity contribution >= 4 is 29.7 Å². The molecule has 0 spiro atoms. The predicted octanol–water partition coefficient (Wildman–Crippen LogP) is 1.76. The van der Waals surface area contributed by atoms with E-state index < -0.39 is 35.8 Å². The minimum absolute atomic E-state index is 0.0375. The number of urea groups is 1. The number of carbonyl (C=O) groups is 5. The third-order valence-corrected chi connectivity index (χ3v) is 5.90. The summed E-state index contributed by atoms with van der Waals surface area (Å²) < 4.78 is -0.382. The SMILES string of the molecule is CCN(C(=O)c1ccccc1)[N+](C)(C)C(=O)NCCC[C@H](NC(=O)[C@@H](CC(=O)NO)CC(C)C)C(=O)O. The van der Waals surface area contributed by atoms with Crippen molar-refractivity contribution < 1.29 is 38.9 Å². The van der Waals surface area contributed by atoms with Crippen molar-refractivity contribution in [2.45, 2.75) is 52.5 Å². The Bertz CT molecular complexity index is 937. The maximum Gasteiger partial charge on any atom is 0.440 e. The fourth-order valence-corrected chi connectivity index (χ4v) is 3.93. The summed E-state index contributed by atoms with van der Waals surface area (Å²) in [6, 6.07) is 6.95. The molecular weight excluding hydrogens is 482 g/mol. The van der Waals surface area contributed by atoms with E-state index in [0.29, 0.717) is 12.0 Å². The highest BCUT2D eigenvalue weighted by Gasteiger charge is 2.37. The molecule has 0 aliphatic rings. The molecule has 0 radical (unpaired) electrons. The number of hydrogen-bond acceptors (Lipinski definition) is 6. The van der Waals surface area contributed by atoms with Crippen LogP contribution in [0.15, 0.2) is 30.3 Å². The Kier molecular flexibility index (Phi) is 12.7. The molecule has 0 bridgehead atoms. The lowest BCUT2D eigenvalue weighted by Gasteiger charge is -2.36. The molecule has 12 heteroatoms. The lowest BCUT2D eigenvalue weighted by atomic mass is 9.92. The predicted molar refractivity (Wildman–Crippen MR) is 135 cm³/mol. The number of benzene rings is 1. The minimum atomic E-state index is -1.24. The van der Waals surface area contributed by atoms with Crippen LogP contribution in [0.2, 0.25) is 0 Å². The van der Waals surface area contributed by atoms with E-state index in [-0.39, 0.29) is 48.8 Å². The molecule has 0 aliphatic carbocycles. The average Bonchev–Trinajstić information content (AvgIpc) is 2.85. The van der Waals surface area contributed by atoms with Gasteiger partial charge < -0.3 is 15.7 Å². The second-order valence-corrected chi connectivity index (χ2v) is 9.62. The third kappa shape index (κ3) is 9.81. The molecule has 1 aromatic carbocycles. The molecule has 37 heavy (non-hydrogen) atoms. The molecule has 0 heterocycles. The number of carboxylic acids is 1. The van der Waals surface area contributed by atoms with Gasteiger partial charge in [-0.3, -0.25) is 19.6 Å². The Labute approximate surface area is 217 Å². The fraction of sp³-hybridized carbons (Fsp3) is 0.560. The summed E-state index contributed by atoms with van der Waals surface area (Å²) in [5, 5.41) is 24.9. The molecule has 0 aromatic heterocycles. The first-order chi connectivity index (χ1) is 17.3. The third-order valence-electron chi connectivity index (χ3n) is 5.90. The van der Waals surface area contributed by atoms with Gasteiger partial charge in [-0.15, -0.1) is 4.59 Å². The summed E-state index contributed by atoms with van der Waals surface area (Å²) in [5.74, 6) is -3.60. The van der Waals surface area contributed by atoms with Gasteiger partial charge in [0.25, 0.3) is 5.91 Å². The van der Waals surface area contributed by atoms with Gasteiger partial charge in [0.2, 0.25) is 11.8 Å². The second kappa shape index (κ2) is 14.9. The topological polar surface area (TPSA) is 165 Å². The largest absolute Gasteiger partial charge is 0.480 e. The maximum atomic E-state index is 12.9. The number of nitrogens with one attached hydrogen (secondary N) is 3. The molecule has 1 aromatic rings. The van der Waals surface area contributed by atoms with Crippen LogP contribution < -0.4 is 16.1 Å². The Morgan fingerprint density at radius 3 is 2.19 bits per heavy atom. The van der Waals surface area contributed by atoms with Crippen LogP contribution >= 0.6 is 0 Å². The zero-order chi connectivity index (χ0) is 28.2. The number of hydrogen-bond donors (Lipinski definition) is 5. The van der Waals surface area contributed by atoms with Crippen LogP contribution in [0, 0.1) is 11.8 Å². The fourth-order valence-electron chi connectivity index (χ4n) is 3.93. The van der Waals surface area contributed by atoms with Crippen LogP contribution in [0.5, 0.6) is 0 Å². The van der Waals surface area contributed by atoms with Crippen molar-refractivity contribution in [2.24, 2.45) is 11.8 Å². The molecule has 5 N–H and O–H groups in total. The Balaban J connectivity index is 2.72. The molecule has 206 valence electrons. The first-order valence-corrected chi connectivity index (χ1v) is 12.3. The van der Waals surface area contributed by atoms with E-state index in [0.717, 1.165) is 0 Å². The van der Waals surface area contributed by atoms with Gasteiger partial charge >= 0.3 is 12.0 Å². The summed E-state index contributed by atoms with van der Waals surface area (Å²) >= 11 is 0. The van der Waals surface area contributed by atoms with Crippen LogP contribution in [-0.2, 0) is 14.4 Å². The van der Waals surface area contributed by atoms with Gasteiger partial charge in [-0.05, 0) is 44.2 Å². The highest BCUT2D eigenvalue weighted by atomic mass is 16.5. The van der Waals surface area contributed by atoms with Crippen molar-refractivity contribution in [3.05, 3.63) is 35.9 Å². The first kappa shape index (κ1) is 31.5. The number of amides is 5. The summed E-state index contributed by atoms with van der Waals surface area (Å²) in [7, 11) is 3.16. The van der Waals surface area contributed by atoms with Crippen molar-refractivity contribution in [1.82, 2.24) is 21.1 Å². The van der Waals surface area contributed by atoms with Crippen LogP contribution in [0.25, 0.3) is 0 Å². The normalized spacial score (nSPS) is 12.8. The van der Waals surface area contributed by atoms with Gasteiger partial charge in [-0.2, -0.15) is 5.01 Å². The maximum absolute atomic E-state index is 12.9. The monoisotopic (exact) mass is 522 g/mol. The Morgan fingerprint density at radius 1 is 1.05 bits per heavy atom. The van der Waals surface area contributed by atoms with Crippen LogP contribution in [0.1, 0.15) is 56.8 Å². The van der Waals surface area contributed by atoms with Crippen molar-refractivity contribution in [3.8, 4) is 0 Å². The van der Waals surface area contributed by atoms with E-state index in [2.05, 4.69) is 10.6 Å². The number of nitrogens with zero attached hydrogens (tertiary/aromatic N) is 2. The lowest BCUT2D eigenvalue weighted by molar-refractivity contribution is -0.917. The van der Waals surface area contributed by atoms with Gasteiger partial charge in [0.15, 0.2) is 0 Å². The van der Waals surface area contributed by atoms with Gasteiger partial charge in [0, 0.05) is 24.4 Å². The van der Waals surface area contributed by atoms with Crippen LogP contribution in [0.3, 0.4) is 0 Å². The number of rotatable bonds is 13. The Morgan fingerprint density at radius 2 is 1.68 bits per heavy atom. The van der Waals surface area contributed by atoms with Gasteiger partial charge in [-0.25, -0.2) is 15.1 Å². The average molecular weight is 523 g/mol. The van der Waals surface area contributed by atoms with E-state index in [4.69, 9.17) is 5.21 Å². The Hall–Kier alpha value is -3.51. The van der Waals surface area contributed by atoms with Gasteiger partial charge in [0.1, 0.15) is 20.1 Å². The first-order valence-electron chi connectivity index (χ1n) is 12.3. The molecular formula is C25H40N5O7+. The zero-order valence-corrected chi connectivity index (χ0v) is 22.2. The molecule has 5 amide bonds. The summed E-state index contributed by atoms with van der Waals surface area (Å²) in [6.45, 7) is 5.90. The van der Waals surface area contributed by atoms with Gasteiger partial charge in [-0.1, -0.05) is 32.0 Å². The van der Waals surface area contributed by atoms with E-state index in [9.17, 15) is 29.1 Å². The number of carboxylic acid groups (broad SMARTS) is 1. The lowest BCUT2D eigenvalue weighted by Crippen LogP contribution is -2.63. The van der Waals surface area contributed by atoms with Crippen molar-refractivity contribution in [3.63, 3.8) is 0 Å². The number of aliphatic carboxylic acids is 1. The van der Waals surface area contributed by atoms with E-state index >= 15 is 0 Å². The molecule has 0 saturated heterocycles. The van der Waals surface area contributed by atoms with Gasteiger partial charge in [0.05, 0.1) is 6.54 Å². The summed E-state index contributed by atoms with van der Waals surface area (Å²) in [6.07, 6.45) is 0.347. The highest BCUT2D eigenvalue weighted by molar-refractivity contribution is 5.94. The summed E-state index contributed by atoms with van der Waals surface area (Å²) in [5.41, 5.74) is 1.95. The molecule has 2 atom stereocenters. The van der Waals surface area contributed by atoms with E-state index in [1.54, 1.807) is 51.4 Å². The van der Waals surface area contributed by atoms with E-state index in [1.165, 1.54) is 10.5 Å². The molecule has 0 unspecified atom stereocenters. The van der Waals surface area contributed by atoms with Crippen molar-refractivity contribution in [1.29, 1.82) is 0 Å². The molecule has 0 saturated carbocycles. The number of quaternary nitrogens is 1. The van der Waals surface area contributed by atoms with E-state index in [1.807, 2.05) is 13.8 Å². The standard InChI is InChI=1S/C25H39N5O7/c1-6-29(23(33)18-11-8-7-9-12-18)30(4,5)25(36)26-14-10-13-20(24(34)35)27-22(32)19(15-17(2)3)16-21(31)28-37/h7-9,11-12,17,19-20H,6,10,13-16H2,1-5H3,(H4-,26,27,28,31,32,34,35,36,37)/p+1/t19-,20+/m1/s1. The van der Waals surface area contributed by atoms with Crippen LogP contribution in [-0.4, -0.2) is 82.9 Å². The second-order valence-electron chi connectivity index (χ2n) is 9.62. The quantitative estimate of drug-likeness (QED) is 0.114. The van der Waals surface area contributed by atoms with Crippen LogP contribution in [0.4, 0.5) is 4.79 Å². The molecule has 0 fully saturated rings. The smallest absolute Gasteiger partial charge is 0.440 e. The number of hydroxylamine groups is 1.